The third-order valence-corrected chi connectivity index (χ3v) is 5.31. The van der Waals surface area contributed by atoms with Gasteiger partial charge in [0.25, 0.3) is 0 Å². The Morgan fingerprint density at radius 1 is 1.21 bits per heavy atom. The molecule has 0 radical (unpaired) electrons. The van der Waals surface area contributed by atoms with Crippen LogP contribution in [-0.4, -0.2) is 48.6 Å². The number of amides is 2. The summed E-state index contributed by atoms with van der Waals surface area (Å²) in [5, 5.41) is 2.75. The molecule has 1 heterocycles. The van der Waals surface area contributed by atoms with Crippen molar-refractivity contribution in [1.82, 2.24) is 9.80 Å². The number of benzene rings is 2. The van der Waals surface area contributed by atoms with E-state index in [-0.39, 0.29) is 17.8 Å². The molecular weight excluding hydrogens is 357 g/mol. The van der Waals surface area contributed by atoms with Gasteiger partial charge in [-0.25, -0.2) is 9.18 Å². The third-order valence-electron chi connectivity index (χ3n) is 5.31. The molecule has 1 fully saturated rings. The number of hydrogen-bond donors (Lipinski definition) is 1. The molecule has 28 heavy (non-hydrogen) atoms. The number of halogens is 1. The predicted octanol–water partition coefficient (Wildman–Crippen LogP) is 4.35. The first kappa shape index (κ1) is 20.1. The average Bonchev–Trinajstić information content (AvgIpc) is 2.74. The Labute approximate surface area is 166 Å². The van der Waals surface area contributed by atoms with Crippen molar-refractivity contribution in [3.63, 3.8) is 0 Å². The number of carbonyl (C=O) groups excluding carboxylic acids is 1. The number of rotatable bonds is 6. The smallest absolute Gasteiger partial charge is 0.322 e. The number of urea groups is 1. The Kier molecular flexibility index (Phi) is 6.87. The summed E-state index contributed by atoms with van der Waals surface area (Å²) in [6.45, 7) is 5.54. The molecule has 1 N–H and O–H groups in total. The number of para-hydroxylation sites is 1. The summed E-state index contributed by atoms with van der Waals surface area (Å²) in [6.07, 6.45) is 1.81. The van der Waals surface area contributed by atoms with E-state index >= 15 is 0 Å². The van der Waals surface area contributed by atoms with Crippen molar-refractivity contribution in [3.05, 3.63) is 59.9 Å². The molecule has 0 saturated carbocycles. The largest absolute Gasteiger partial charge is 0.497 e. The van der Waals surface area contributed by atoms with E-state index in [1.165, 1.54) is 6.07 Å². The van der Waals surface area contributed by atoms with Gasteiger partial charge in [-0.2, -0.15) is 0 Å². The van der Waals surface area contributed by atoms with E-state index in [0.29, 0.717) is 6.54 Å². The number of likely N-dealkylation sites (tertiary alicyclic amines) is 1. The lowest BCUT2D eigenvalue weighted by atomic mass is 10.0. The molecule has 150 valence electrons. The summed E-state index contributed by atoms with van der Waals surface area (Å²) in [5.41, 5.74) is 1.19. The van der Waals surface area contributed by atoms with Crippen LogP contribution in [0.5, 0.6) is 5.75 Å². The van der Waals surface area contributed by atoms with Gasteiger partial charge in [-0.15, -0.1) is 0 Å². The monoisotopic (exact) mass is 385 g/mol. The number of anilines is 1. The fourth-order valence-corrected chi connectivity index (χ4v) is 3.63. The molecule has 5 nitrogen and oxygen atoms in total. The second-order valence-corrected chi connectivity index (χ2v) is 7.05. The van der Waals surface area contributed by atoms with Crippen LogP contribution in [0.4, 0.5) is 14.9 Å². The van der Waals surface area contributed by atoms with Crippen molar-refractivity contribution in [2.24, 2.45) is 0 Å². The lowest BCUT2D eigenvalue weighted by molar-refractivity contribution is 0.126. The van der Waals surface area contributed by atoms with Gasteiger partial charge < -0.3 is 19.9 Å². The van der Waals surface area contributed by atoms with Gasteiger partial charge in [-0.1, -0.05) is 31.2 Å². The molecule has 0 aromatic heterocycles. The molecular formula is C22H28FN3O2. The van der Waals surface area contributed by atoms with Crippen molar-refractivity contribution < 1.29 is 13.9 Å². The van der Waals surface area contributed by atoms with Crippen LogP contribution < -0.4 is 10.1 Å². The highest BCUT2D eigenvalue weighted by Crippen LogP contribution is 2.23. The molecule has 0 bridgehead atoms. The van der Waals surface area contributed by atoms with Gasteiger partial charge in [0.1, 0.15) is 11.6 Å². The van der Waals surface area contributed by atoms with Gasteiger partial charge in [0, 0.05) is 25.7 Å². The van der Waals surface area contributed by atoms with Crippen LogP contribution in [0.2, 0.25) is 0 Å². The molecule has 1 saturated heterocycles. The Morgan fingerprint density at radius 3 is 2.64 bits per heavy atom. The van der Waals surface area contributed by atoms with E-state index in [1.54, 1.807) is 25.3 Å². The van der Waals surface area contributed by atoms with Crippen LogP contribution in [0.3, 0.4) is 0 Å². The fraction of sp³-hybridized carbons (Fsp3) is 0.409. The maximum atomic E-state index is 14.0. The van der Waals surface area contributed by atoms with Crippen LogP contribution in [0, 0.1) is 5.82 Å². The Bertz CT molecular complexity index is 791. The first-order valence-electron chi connectivity index (χ1n) is 9.78. The number of hydrogen-bond acceptors (Lipinski definition) is 3. The quantitative estimate of drug-likeness (QED) is 0.804. The minimum absolute atomic E-state index is 0.112. The highest BCUT2D eigenvalue weighted by atomic mass is 19.1. The maximum absolute atomic E-state index is 14.0. The highest BCUT2D eigenvalue weighted by molar-refractivity contribution is 5.89. The summed E-state index contributed by atoms with van der Waals surface area (Å²) >= 11 is 0. The van der Waals surface area contributed by atoms with Crippen molar-refractivity contribution >= 4 is 11.7 Å². The predicted molar refractivity (Wildman–Crippen MR) is 109 cm³/mol. The first-order chi connectivity index (χ1) is 13.6. The van der Waals surface area contributed by atoms with Crippen LogP contribution in [0.1, 0.15) is 25.3 Å². The van der Waals surface area contributed by atoms with Gasteiger partial charge in [0.2, 0.25) is 0 Å². The first-order valence-corrected chi connectivity index (χ1v) is 9.78. The van der Waals surface area contributed by atoms with E-state index in [9.17, 15) is 9.18 Å². The topological polar surface area (TPSA) is 44.8 Å². The third kappa shape index (κ3) is 5.01. The minimum atomic E-state index is -0.432. The molecule has 2 aromatic carbocycles. The number of carbonyl (C=O) groups is 1. The molecule has 0 atom stereocenters. The molecule has 1 aliphatic rings. The maximum Gasteiger partial charge on any atom is 0.322 e. The van der Waals surface area contributed by atoms with Crippen molar-refractivity contribution in [3.8, 4) is 5.75 Å². The lowest BCUT2D eigenvalue weighted by Crippen LogP contribution is -2.48. The zero-order valence-corrected chi connectivity index (χ0v) is 16.5. The molecule has 1 aliphatic heterocycles. The van der Waals surface area contributed by atoms with Crippen LogP contribution >= 0.6 is 0 Å². The zero-order chi connectivity index (χ0) is 19.9. The summed E-state index contributed by atoms with van der Waals surface area (Å²) in [7, 11) is 1.63. The van der Waals surface area contributed by atoms with Gasteiger partial charge in [0.15, 0.2) is 0 Å². The Morgan fingerprint density at radius 2 is 1.96 bits per heavy atom. The standard InChI is InChI=1S/C22H28FN3O2/c1-3-25-13-11-18(12-14-25)26(16-17-7-6-8-19(15-17)28-2)22(27)24-21-10-5-4-9-20(21)23/h4-10,15,18H,3,11-14,16H2,1-2H3,(H,24,27). The molecule has 2 amide bonds. The van der Waals surface area contributed by atoms with Crippen molar-refractivity contribution in [2.45, 2.75) is 32.4 Å². The van der Waals surface area contributed by atoms with Crippen LogP contribution in [-0.2, 0) is 6.54 Å². The lowest BCUT2D eigenvalue weighted by Gasteiger charge is -2.38. The van der Waals surface area contributed by atoms with Gasteiger partial charge in [-0.05, 0) is 49.2 Å². The summed E-state index contributed by atoms with van der Waals surface area (Å²) in [5.74, 6) is 0.325. The van der Waals surface area contributed by atoms with Crippen LogP contribution in [0.15, 0.2) is 48.5 Å². The average molecular weight is 385 g/mol. The van der Waals surface area contributed by atoms with Gasteiger partial charge >= 0.3 is 6.03 Å². The molecule has 0 unspecified atom stereocenters. The summed E-state index contributed by atoms with van der Waals surface area (Å²) in [4.78, 5) is 17.3. The minimum Gasteiger partial charge on any atom is -0.497 e. The molecule has 3 rings (SSSR count). The van der Waals surface area contributed by atoms with E-state index in [1.807, 2.05) is 29.2 Å². The SMILES string of the molecule is CCN1CCC(N(Cc2cccc(OC)c2)C(=O)Nc2ccccc2F)CC1. The Balaban J connectivity index is 1.79. The normalized spacial score (nSPS) is 15.2. The Hall–Kier alpha value is -2.60. The van der Waals surface area contributed by atoms with Gasteiger partial charge in [0.05, 0.1) is 12.8 Å². The number of nitrogens with one attached hydrogen (secondary N) is 1. The number of piperidine rings is 1. The second-order valence-electron chi connectivity index (χ2n) is 7.05. The zero-order valence-electron chi connectivity index (χ0n) is 16.5. The number of methoxy groups -OCH3 is 1. The highest BCUT2D eigenvalue weighted by Gasteiger charge is 2.28. The second kappa shape index (κ2) is 9.55. The van der Waals surface area contributed by atoms with Gasteiger partial charge in [-0.3, -0.25) is 0 Å². The molecule has 0 aliphatic carbocycles. The summed E-state index contributed by atoms with van der Waals surface area (Å²) in [6, 6.07) is 13.8. The van der Waals surface area contributed by atoms with Crippen molar-refractivity contribution in [2.75, 3.05) is 32.1 Å². The van der Waals surface area contributed by atoms with Crippen LogP contribution in [0.25, 0.3) is 0 Å². The fourth-order valence-electron chi connectivity index (χ4n) is 3.63. The van der Waals surface area contributed by atoms with E-state index in [2.05, 4.69) is 17.1 Å². The molecule has 6 heteroatoms. The van der Waals surface area contributed by atoms with E-state index in [4.69, 9.17) is 4.74 Å². The number of ether oxygens (including phenoxy) is 1. The molecule has 0 spiro atoms. The van der Waals surface area contributed by atoms with E-state index in [0.717, 1.165) is 43.8 Å². The number of nitrogens with zero attached hydrogens (tertiary/aromatic N) is 2. The summed E-state index contributed by atoms with van der Waals surface area (Å²) < 4.78 is 19.3. The van der Waals surface area contributed by atoms with Crippen molar-refractivity contribution in [1.29, 1.82) is 0 Å². The molecule has 2 aromatic rings. The van der Waals surface area contributed by atoms with E-state index < -0.39 is 5.82 Å².